The third-order valence-corrected chi connectivity index (χ3v) is 3.59. The van der Waals surface area contributed by atoms with Crippen molar-refractivity contribution >= 4 is 0 Å². The van der Waals surface area contributed by atoms with Gasteiger partial charge in [0.05, 0.1) is 19.4 Å². The van der Waals surface area contributed by atoms with Crippen molar-refractivity contribution in [1.29, 1.82) is 0 Å². The van der Waals surface area contributed by atoms with E-state index in [0.717, 1.165) is 5.56 Å². The summed E-state index contributed by atoms with van der Waals surface area (Å²) in [4.78, 5) is 16.2. The van der Waals surface area contributed by atoms with Gasteiger partial charge in [0.1, 0.15) is 5.60 Å². The van der Waals surface area contributed by atoms with Crippen molar-refractivity contribution in [3.63, 3.8) is 0 Å². The number of ether oxygens (including phenoxy) is 2. The molecule has 20 heavy (non-hydrogen) atoms. The van der Waals surface area contributed by atoms with Crippen LogP contribution in [-0.2, 0) is 23.8 Å². The smallest absolute Gasteiger partial charge is 0.298 e. The van der Waals surface area contributed by atoms with Crippen LogP contribution in [0, 0.1) is 0 Å². The van der Waals surface area contributed by atoms with Crippen LogP contribution in [0.15, 0.2) is 41.2 Å². The first kappa shape index (κ1) is 12.9. The van der Waals surface area contributed by atoms with Gasteiger partial charge in [0.25, 0.3) is 11.6 Å². The lowest BCUT2D eigenvalue weighted by Gasteiger charge is -2.13. The third-order valence-electron chi connectivity index (χ3n) is 3.59. The molecule has 1 aromatic carbocycles. The van der Waals surface area contributed by atoms with E-state index in [0.29, 0.717) is 24.7 Å². The number of rotatable bonds is 4. The van der Waals surface area contributed by atoms with Gasteiger partial charge >= 0.3 is 0 Å². The minimum absolute atomic E-state index is 0.129. The van der Waals surface area contributed by atoms with Gasteiger partial charge in [-0.05, 0) is 5.56 Å². The first-order valence-electron chi connectivity index (χ1n) is 6.45. The Morgan fingerprint density at radius 3 is 2.70 bits per heavy atom. The molecule has 1 saturated heterocycles. The van der Waals surface area contributed by atoms with Crippen molar-refractivity contribution in [2.45, 2.75) is 12.0 Å². The van der Waals surface area contributed by atoms with Crippen LogP contribution in [0.2, 0.25) is 0 Å². The van der Waals surface area contributed by atoms with E-state index < -0.39 is 0 Å². The van der Waals surface area contributed by atoms with Gasteiger partial charge in [0, 0.05) is 19.5 Å². The molecule has 104 valence electrons. The number of nitrogens with zero attached hydrogens (tertiary/aromatic N) is 2. The summed E-state index contributed by atoms with van der Waals surface area (Å²) in [7, 11) is 3.14. The average molecular weight is 272 g/mol. The summed E-state index contributed by atoms with van der Waals surface area (Å²) in [5.41, 5.74) is 1.33. The summed E-state index contributed by atoms with van der Waals surface area (Å²) in [5, 5.41) is 0. The highest BCUT2D eigenvalue weighted by molar-refractivity contribution is 5.29. The Hall–Kier alpha value is -2.14. The maximum atomic E-state index is 11.9. The monoisotopic (exact) mass is 272 g/mol. The van der Waals surface area contributed by atoms with E-state index in [9.17, 15) is 4.79 Å². The van der Waals surface area contributed by atoms with Crippen LogP contribution in [0.4, 0.5) is 0 Å². The van der Waals surface area contributed by atoms with Crippen molar-refractivity contribution in [3.05, 3.63) is 58.0 Å². The van der Waals surface area contributed by atoms with Crippen molar-refractivity contribution in [2.24, 2.45) is 7.05 Å². The van der Waals surface area contributed by atoms with Crippen molar-refractivity contribution in [3.8, 4) is 6.01 Å². The topological polar surface area (TPSA) is 56.6 Å². The Balaban J connectivity index is 1.93. The van der Waals surface area contributed by atoms with Gasteiger partial charge in [0.2, 0.25) is 0 Å². The van der Waals surface area contributed by atoms with Crippen molar-refractivity contribution in [2.75, 3.05) is 13.7 Å². The number of methoxy groups -OCH3 is 1. The molecule has 0 unspecified atom stereocenters. The van der Waals surface area contributed by atoms with E-state index in [2.05, 4.69) is 4.98 Å². The van der Waals surface area contributed by atoms with Gasteiger partial charge in [0.15, 0.2) is 0 Å². The van der Waals surface area contributed by atoms with E-state index in [-0.39, 0.29) is 11.2 Å². The molecule has 3 rings (SSSR count). The molecule has 2 heterocycles. The summed E-state index contributed by atoms with van der Waals surface area (Å²) in [5.74, 6) is 0. The lowest BCUT2D eigenvalue weighted by atomic mass is 9.95. The quantitative estimate of drug-likeness (QED) is 0.786. The maximum Gasteiger partial charge on any atom is 0.298 e. The second-order valence-corrected chi connectivity index (χ2v) is 4.96. The summed E-state index contributed by atoms with van der Waals surface area (Å²) in [6.45, 7) is 0.649. The summed E-state index contributed by atoms with van der Waals surface area (Å²) in [6, 6.07) is 11.9. The molecule has 1 fully saturated rings. The third kappa shape index (κ3) is 2.20. The van der Waals surface area contributed by atoms with Crippen LogP contribution in [0.3, 0.4) is 0 Å². The molecule has 1 aliphatic heterocycles. The lowest BCUT2D eigenvalue weighted by Crippen LogP contribution is -2.22. The van der Waals surface area contributed by atoms with Crippen LogP contribution in [-0.4, -0.2) is 23.3 Å². The Morgan fingerprint density at radius 2 is 2.10 bits per heavy atom. The molecule has 0 aliphatic carbocycles. The first-order valence-corrected chi connectivity index (χ1v) is 6.45. The van der Waals surface area contributed by atoms with Gasteiger partial charge in [-0.2, -0.15) is 0 Å². The maximum absolute atomic E-state index is 11.9. The summed E-state index contributed by atoms with van der Waals surface area (Å²) >= 11 is 0. The Bertz CT molecular complexity index is 675. The predicted octanol–water partition coefficient (Wildman–Crippen LogP) is 1.26. The first-order chi connectivity index (χ1) is 9.64. The fraction of sp³-hybridized carbons (Fsp3) is 0.333. The van der Waals surface area contributed by atoms with Gasteiger partial charge in [-0.3, -0.25) is 9.36 Å². The normalized spacial score (nSPS) is 20.7. The van der Waals surface area contributed by atoms with Crippen molar-refractivity contribution < 1.29 is 9.47 Å². The Kier molecular flexibility index (Phi) is 3.06. The van der Waals surface area contributed by atoms with E-state index in [1.165, 1.54) is 17.7 Å². The molecule has 0 amide bonds. The van der Waals surface area contributed by atoms with Crippen molar-refractivity contribution in [1.82, 2.24) is 9.55 Å². The minimum Gasteiger partial charge on any atom is -0.468 e. The van der Waals surface area contributed by atoms with Gasteiger partial charge < -0.3 is 9.47 Å². The minimum atomic E-state index is -0.342. The number of aromatic nitrogens is 2. The molecule has 2 aromatic rings. The molecule has 1 aromatic heterocycles. The number of hydrogen-bond acceptors (Lipinski definition) is 4. The van der Waals surface area contributed by atoms with Crippen LogP contribution in [0.5, 0.6) is 6.01 Å². The molecular weight excluding hydrogens is 256 g/mol. The Labute approximate surface area is 116 Å². The number of benzene rings is 1. The van der Waals surface area contributed by atoms with Crippen LogP contribution >= 0.6 is 0 Å². The number of epoxide rings is 1. The molecule has 1 aliphatic rings. The van der Waals surface area contributed by atoms with E-state index in [4.69, 9.17) is 9.47 Å². The highest BCUT2D eigenvalue weighted by Crippen LogP contribution is 2.41. The molecule has 0 N–H and O–H groups in total. The van der Waals surface area contributed by atoms with Crippen LogP contribution in [0.25, 0.3) is 0 Å². The fourth-order valence-electron chi connectivity index (χ4n) is 2.33. The molecule has 0 saturated carbocycles. The standard InChI is InChI=1S/C15H16N2O3/c1-17-13(18)8-12(16-14(17)19-2)9-15(10-20-15)11-6-4-3-5-7-11/h3-8H,9-10H2,1-2H3/t15-/m0/s1. The zero-order chi connectivity index (χ0) is 14.2. The molecular formula is C15H16N2O3. The molecule has 5 nitrogen and oxygen atoms in total. The zero-order valence-corrected chi connectivity index (χ0v) is 11.5. The largest absolute Gasteiger partial charge is 0.468 e. The summed E-state index contributed by atoms with van der Waals surface area (Å²) in [6.07, 6.45) is 0.573. The molecule has 5 heteroatoms. The molecule has 1 atom stereocenters. The van der Waals surface area contributed by atoms with Crippen LogP contribution in [0.1, 0.15) is 11.3 Å². The highest BCUT2D eigenvalue weighted by atomic mass is 16.6. The van der Waals surface area contributed by atoms with Gasteiger partial charge in [-0.25, -0.2) is 4.98 Å². The number of hydrogen-bond donors (Lipinski definition) is 0. The molecule has 0 radical (unpaired) electrons. The fourth-order valence-corrected chi connectivity index (χ4v) is 2.33. The Morgan fingerprint density at radius 1 is 1.40 bits per heavy atom. The predicted molar refractivity (Wildman–Crippen MR) is 73.8 cm³/mol. The second-order valence-electron chi connectivity index (χ2n) is 4.96. The van der Waals surface area contributed by atoms with Gasteiger partial charge in [-0.15, -0.1) is 0 Å². The van der Waals surface area contributed by atoms with E-state index in [1.54, 1.807) is 7.05 Å². The SMILES string of the molecule is COc1nc(C[C@@]2(c3ccccc3)CO2)cc(=O)n1C. The molecule has 0 bridgehead atoms. The lowest BCUT2D eigenvalue weighted by molar-refractivity contribution is 0.301. The summed E-state index contributed by atoms with van der Waals surface area (Å²) < 4.78 is 12.1. The second kappa shape index (κ2) is 4.76. The van der Waals surface area contributed by atoms with E-state index in [1.807, 2.05) is 30.3 Å². The molecule has 0 spiro atoms. The zero-order valence-electron chi connectivity index (χ0n) is 11.5. The van der Waals surface area contributed by atoms with E-state index >= 15 is 0 Å². The highest BCUT2D eigenvalue weighted by Gasteiger charge is 2.46. The average Bonchev–Trinajstić information content (AvgIpc) is 3.24. The van der Waals surface area contributed by atoms with Gasteiger partial charge in [-0.1, -0.05) is 30.3 Å². The van der Waals surface area contributed by atoms with Crippen LogP contribution < -0.4 is 10.3 Å².